The molecular formula is C13H10N8. The lowest BCUT2D eigenvalue weighted by atomic mass is 10.1. The first-order chi connectivity index (χ1) is 10.4. The molecule has 102 valence electrons. The summed E-state index contributed by atoms with van der Waals surface area (Å²) in [5.41, 5.74) is 3.92. The van der Waals surface area contributed by atoms with Crippen molar-refractivity contribution in [1.29, 1.82) is 0 Å². The van der Waals surface area contributed by atoms with Gasteiger partial charge in [0.15, 0.2) is 0 Å². The maximum Gasteiger partial charge on any atom is 0.123 e. The van der Waals surface area contributed by atoms with Crippen LogP contribution in [-0.4, -0.2) is 39.7 Å². The predicted octanol–water partition coefficient (Wildman–Crippen LogP) is 1.24. The van der Waals surface area contributed by atoms with Gasteiger partial charge < -0.3 is 0 Å². The highest BCUT2D eigenvalue weighted by Crippen LogP contribution is 2.25. The van der Waals surface area contributed by atoms with Crippen LogP contribution in [0.25, 0.3) is 22.5 Å². The van der Waals surface area contributed by atoms with Crippen molar-refractivity contribution in [2.75, 3.05) is 0 Å². The van der Waals surface area contributed by atoms with E-state index in [2.05, 4.69) is 30.6 Å². The van der Waals surface area contributed by atoms with E-state index in [4.69, 9.17) is 0 Å². The highest BCUT2D eigenvalue weighted by Gasteiger charge is 2.07. The first-order valence-electron chi connectivity index (χ1n) is 6.24. The molecule has 0 aliphatic carbocycles. The molecular weight excluding hydrogens is 268 g/mol. The van der Waals surface area contributed by atoms with Gasteiger partial charge in [-0.3, -0.25) is 14.2 Å². The quantitative estimate of drug-likeness (QED) is 0.609. The number of aromatic amines is 1. The number of benzene rings is 1. The normalized spacial score (nSPS) is 10.9. The van der Waals surface area contributed by atoms with Gasteiger partial charge in [0.25, 0.3) is 0 Å². The molecule has 0 saturated carbocycles. The van der Waals surface area contributed by atoms with Crippen molar-refractivity contribution in [3.63, 3.8) is 0 Å². The summed E-state index contributed by atoms with van der Waals surface area (Å²) in [4.78, 5) is 0. The third-order valence-corrected chi connectivity index (χ3v) is 3.17. The summed E-state index contributed by atoms with van der Waals surface area (Å²) in [5, 5.41) is 22.2. The Morgan fingerprint density at radius 3 is 1.76 bits per heavy atom. The van der Waals surface area contributed by atoms with Crippen LogP contribution in [0.5, 0.6) is 0 Å². The van der Waals surface area contributed by atoms with Crippen LogP contribution in [0.15, 0.2) is 55.9 Å². The van der Waals surface area contributed by atoms with E-state index in [0.29, 0.717) is 0 Å². The molecule has 3 aromatic heterocycles. The van der Waals surface area contributed by atoms with Crippen molar-refractivity contribution in [1.82, 2.24) is 39.7 Å². The topological polar surface area (TPSA) is 90.1 Å². The maximum absolute atomic E-state index is 4.00. The predicted molar refractivity (Wildman–Crippen MR) is 73.9 cm³/mol. The van der Waals surface area contributed by atoms with E-state index in [1.165, 1.54) is 0 Å². The number of hydrogen-bond donors (Lipinski definition) is 1. The first kappa shape index (κ1) is 11.5. The second-order valence-electron chi connectivity index (χ2n) is 4.46. The minimum Gasteiger partial charge on any atom is -0.288 e. The third-order valence-electron chi connectivity index (χ3n) is 3.17. The molecule has 0 atom stereocenters. The number of hydrogen-bond acceptors (Lipinski definition) is 5. The minimum atomic E-state index is 0.947. The maximum atomic E-state index is 4.00. The molecule has 3 heterocycles. The molecule has 0 radical (unpaired) electrons. The number of nitrogens with one attached hydrogen (secondary N) is 1. The Morgan fingerprint density at radius 1 is 0.714 bits per heavy atom. The van der Waals surface area contributed by atoms with Gasteiger partial charge in [-0.25, -0.2) is 0 Å². The number of nitrogens with zero attached hydrogens (tertiary/aromatic N) is 7. The van der Waals surface area contributed by atoms with Gasteiger partial charge in [0, 0.05) is 11.8 Å². The van der Waals surface area contributed by atoms with Crippen LogP contribution in [0.4, 0.5) is 0 Å². The van der Waals surface area contributed by atoms with Gasteiger partial charge in [-0.2, -0.15) is 5.10 Å². The van der Waals surface area contributed by atoms with Crippen LogP contribution in [0.1, 0.15) is 0 Å². The van der Waals surface area contributed by atoms with Crippen LogP contribution >= 0.6 is 0 Å². The summed E-state index contributed by atoms with van der Waals surface area (Å²) in [7, 11) is 0. The molecule has 1 aromatic carbocycles. The van der Waals surface area contributed by atoms with E-state index in [9.17, 15) is 0 Å². The molecule has 0 bridgehead atoms. The lowest BCUT2D eigenvalue weighted by Crippen LogP contribution is -1.96. The molecule has 21 heavy (non-hydrogen) atoms. The lowest BCUT2D eigenvalue weighted by molar-refractivity contribution is 1.02. The van der Waals surface area contributed by atoms with E-state index in [-0.39, 0.29) is 0 Å². The Labute approximate surface area is 119 Å². The zero-order valence-corrected chi connectivity index (χ0v) is 10.8. The monoisotopic (exact) mass is 278 g/mol. The molecule has 0 unspecified atom stereocenters. The molecule has 0 aliphatic rings. The van der Waals surface area contributed by atoms with E-state index >= 15 is 0 Å². The largest absolute Gasteiger partial charge is 0.288 e. The molecule has 1 N–H and O–H groups in total. The Kier molecular flexibility index (Phi) is 2.57. The molecule has 0 fully saturated rings. The van der Waals surface area contributed by atoms with Crippen molar-refractivity contribution >= 4 is 0 Å². The van der Waals surface area contributed by atoms with Gasteiger partial charge in [-0.1, -0.05) is 0 Å². The highest BCUT2D eigenvalue weighted by atomic mass is 15.2. The first-order valence-corrected chi connectivity index (χ1v) is 6.24. The fraction of sp³-hybridized carbons (Fsp3) is 0. The zero-order valence-electron chi connectivity index (χ0n) is 10.8. The van der Waals surface area contributed by atoms with Crippen LogP contribution in [-0.2, 0) is 0 Å². The average Bonchev–Trinajstić information content (AvgIpc) is 3.29. The number of H-pyrrole nitrogens is 1. The standard InChI is InChI=1S/C13H10N8/c1-10(11-4-14-15-5-11)2-13(21-8-18-19-9-21)3-12(1)20-6-16-17-7-20/h1-9H,(H,14,15). The number of aromatic nitrogens is 8. The van der Waals surface area contributed by atoms with Crippen molar-refractivity contribution in [3.8, 4) is 22.5 Å². The lowest BCUT2D eigenvalue weighted by Gasteiger charge is -2.09. The van der Waals surface area contributed by atoms with Crippen LogP contribution in [0, 0.1) is 0 Å². The van der Waals surface area contributed by atoms with Crippen molar-refractivity contribution in [2.24, 2.45) is 0 Å². The van der Waals surface area contributed by atoms with Gasteiger partial charge in [-0.05, 0) is 23.8 Å². The Hall–Kier alpha value is -3.29. The summed E-state index contributed by atoms with van der Waals surface area (Å²) >= 11 is 0. The molecule has 8 nitrogen and oxygen atoms in total. The smallest absolute Gasteiger partial charge is 0.123 e. The van der Waals surface area contributed by atoms with E-state index in [1.807, 2.05) is 33.5 Å². The van der Waals surface area contributed by atoms with Gasteiger partial charge in [0.1, 0.15) is 25.3 Å². The second kappa shape index (κ2) is 4.67. The molecule has 0 aliphatic heterocycles. The average molecular weight is 278 g/mol. The molecule has 0 saturated heterocycles. The summed E-state index contributed by atoms with van der Waals surface area (Å²) in [5.74, 6) is 0. The van der Waals surface area contributed by atoms with Crippen molar-refractivity contribution in [2.45, 2.75) is 0 Å². The van der Waals surface area contributed by atoms with E-state index in [0.717, 1.165) is 22.5 Å². The van der Waals surface area contributed by atoms with Gasteiger partial charge >= 0.3 is 0 Å². The molecule has 0 spiro atoms. The van der Waals surface area contributed by atoms with Crippen molar-refractivity contribution in [3.05, 3.63) is 55.9 Å². The zero-order chi connectivity index (χ0) is 14.1. The Morgan fingerprint density at radius 2 is 1.29 bits per heavy atom. The fourth-order valence-corrected chi connectivity index (χ4v) is 2.14. The van der Waals surface area contributed by atoms with Gasteiger partial charge in [-0.15, -0.1) is 20.4 Å². The molecule has 4 aromatic rings. The third kappa shape index (κ3) is 2.08. The van der Waals surface area contributed by atoms with Gasteiger partial charge in [0.2, 0.25) is 0 Å². The second-order valence-corrected chi connectivity index (χ2v) is 4.46. The molecule has 8 heteroatoms. The van der Waals surface area contributed by atoms with Crippen LogP contribution < -0.4 is 0 Å². The summed E-state index contributed by atoms with van der Waals surface area (Å²) in [6.45, 7) is 0. The minimum absolute atomic E-state index is 0.947. The summed E-state index contributed by atoms with van der Waals surface area (Å²) in [6, 6.07) is 6.10. The number of rotatable bonds is 3. The van der Waals surface area contributed by atoms with E-state index in [1.54, 1.807) is 31.5 Å². The molecule has 4 rings (SSSR count). The Bertz CT molecular complexity index is 703. The van der Waals surface area contributed by atoms with Crippen LogP contribution in [0.2, 0.25) is 0 Å². The van der Waals surface area contributed by atoms with Crippen molar-refractivity contribution < 1.29 is 0 Å². The summed E-state index contributed by atoms with van der Waals surface area (Å²) in [6.07, 6.45) is 10.3. The fourth-order valence-electron chi connectivity index (χ4n) is 2.14. The van der Waals surface area contributed by atoms with Gasteiger partial charge in [0.05, 0.1) is 17.6 Å². The Balaban J connectivity index is 1.92. The highest BCUT2D eigenvalue weighted by molar-refractivity contribution is 5.68. The molecule has 0 amide bonds. The van der Waals surface area contributed by atoms with E-state index < -0.39 is 0 Å². The van der Waals surface area contributed by atoms with Crippen LogP contribution in [0.3, 0.4) is 0 Å². The summed E-state index contributed by atoms with van der Waals surface area (Å²) < 4.78 is 3.69. The SMILES string of the molecule is c1n[nH]cc1-c1cc(-n2cnnc2)cc(-n2cnnc2)c1.